The highest BCUT2D eigenvalue weighted by Gasteiger charge is 2.12. The molecule has 2 rings (SSSR count). The summed E-state index contributed by atoms with van der Waals surface area (Å²) in [6.07, 6.45) is 0. The van der Waals surface area contributed by atoms with Crippen LogP contribution in [0.5, 0.6) is 0 Å². The molecule has 2 heterocycles. The van der Waals surface area contributed by atoms with Crippen molar-refractivity contribution >= 4 is 11.6 Å². The number of nitrogens with one attached hydrogen (secondary N) is 1. The topological polar surface area (TPSA) is 85.4 Å². The number of hydrogen-bond donors (Lipinski definition) is 2. The number of aryl methyl sites for hydroxylation is 1. The molecule has 1 aliphatic heterocycles. The summed E-state index contributed by atoms with van der Waals surface area (Å²) in [6, 6.07) is 0. The molecule has 20 heavy (non-hydrogen) atoms. The van der Waals surface area contributed by atoms with Crippen LogP contribution in [0.25, 0.3) is 0 Å². The first-order valence-electron chi connectivity index (χ1n) is 6.94. The molecule has 1 aliphatic rings. The normalized spacial score (nSPS) is 16.3. The minimum Gasteiger partial charge on any atom is -0.396 e. The van der Waals surface area contributed by atoms with Crippen LogP contribution in [-0.2, 0) is 16.1 Å². The Morgan fingerprint density at radius 3 is 2.70 bits per heavy atom. The van der Waals surface area contributed by atoms with Crippen LogP contribution in [-0.4, -0.2) is 60.0 Å². The summed E-state index contributed by atoms with van der Waals surface area (Å²) in [7, 11) is 0. The Bertz CT molecular complexity index is 466. The van der Waals surface area contributed by atoms with E-state index in [0.29, 0.717) is 12.2 Å². The van der Waals surface area contributed by atoms with Gasteiger partial charge in [0.1, 0.15) is 6.54 Å². The maximum Gasteiger partial charge on any atom is 0.241 e. The van der Waals surface area contributed by atoms with Crippen LogP contribution in [0.4, 0.5) is 5.69 Å². The van der Waals surface area contributed by atoms with Gasteiger partial charge in [-0.1, -0.05) is 0 Å². The molecule has 0 radical (unpaired) electrons. The molecule has 1 amide bonds. The van der Waals surface area contributed by atoms with Crippen molar-refractivity contribution in [3.63, 3.8) is 0 Å². The number of morpholine rings is 1. The Kier molecular flexibility index (Phi) is 4.97. The molecule has 0 aromatic carbocycles. The predicted octanol–water partition coefficient (Wildman–Crippen LogP) is -0.469. The highest BCUT2D eigenvalue weighted by molar-refractivity contribution is 5.75. The molecular formula is C13H23N5O2. The summed E-state index contributed by atoms with van der Waals surface area (Å²) in [5.74, 6) is -0.0381. The average Bonchev–Trinajstić information content (AvgIpc) is 2.67. The molecule has 1 aromatic rings. The molecule has 0 bridgehead atoms. The summed E-state index contributed by atoms with van der Waals surface area (Å²) in [5.41, 5.74) is 8.11. The number of carbonyl (C=O) groups is 1. The third-order valence-electron chi connectivity index (χ3n) is 3.58. The van der Waals surface area contributed by atoms with Gasteiger partial charge in [-0.2, -0.15) is 5.10 Å². The fraction of sp³-hybridized carbons (Fsp3) is 0.692. The van der Waals surface area contributed by atoms with Crippen molar-refractivity contribution < 1.29 is 9.53 Å². The van der Waals surface area contributed by atoms with Crippen LogP contribution in [0.15, 0.2) is 0 Å². The summed E-state index contributed by atoms with van der Waals surface area (Å²) in [6.45, 7) is 8.85. The molecule has 0 spiro atoms. The van der Waals surface area contributed by atoms with Gasteiger partial charge in [-0.05, 0) is 13.8 Å². The summed E-state index contributed by atoms with van der Waals surface area (Å²) < 4.78 is 6.93. The summed E-state index contributed by atoms with van der Waals surface area (Å²) in [5, 5.41) is 7.16. The number of nitrogens with zero attached hydrogens (tertiary/aromatic N) is 3. The number of amides is 1. The van der Waals surface area contributed by atoms with Crippen LogP contribution in [0.3, 0.4) is 0 Å². The van der Waals surface area contributed by atoms with Gasteiger partial charge in [0.05, 0.1) is 30.3 Å². The number of rotatable bonds is 5. The predicted molar refractivity (Wildman–Crippen MR) is 76.4 cm³/mol. The Hall–Kier alpha value is -1.60. The van der Waals surface area contributed by atoms with E-state index in [9.17, 15) is 4.79 Å². The third-order valence-corrected chi connectivity index (χ3v) is 3.58. The first-order valence-corrected chi connectivity index (χ1v) is 6.94. The van der Waals surface area contributed by atoms with Crippen molar-refractivity contribution in [2.45, 2.75) is 20.4 Å². The van der Waals surface area contributed by atoms with Crippen molar-refractivity contribution in [1.82, 2.24) is 20.0 Å². The van der Waals surface area contributed by atoms with Gasteiger partial charge in [0.2, 0.25) is 5.91 Å². The molecule has 112 valence electrons. The third kappa shape index (κ3) is 3.71. The smallest absolute Gasteiger partial charge is 0.241 e. The zero-order valence-corrected chi connectivity index (χ0v) is 12.2. The molecule has 7 heteroatoms. The molecule has 0 unspecified atom stereocenters. The number of nitrogen functional groups attached to an aromatic ring is 1. The van der Waals surface area contributed by atoms with Crippen LogP contribution in [0.2, 0.25) is 0 Å². The maximum absolute atomic E-state index is 11.9. The van der Waals surface area contributed by atoms with Gasteiger partial charge in [-0.3, -0.25) is 14.4 Å². The Morgan fingerprint density at radius 1 is 1.40 bits per heavy atom. The second-order valence-corrected chi connectivity index (χ2v) is 5.05. The van der Waals surface area contributed by atoms with Crippen LogP contribution in [0.1, 0.15) is 11.4 Å². The van der Waals surface area contributed by atoms with Crippen molar-refractivity contribution in [1.29, 1.82) is 0 Å². The van der Waals surface area contributed by atoms with E-state index in [1.54, 1.807) is 4.68 Å². The first kappa shape index (κ1) is 14.8. The van der Waals surface area contributed by atoms with Gasteiger partial charge in [0.15, 0.2) is 0 Å². The van der Waals surface area contributed by atoms with E-state index in [0.717, 1.165) is 44.2 Å². The van der Waals surface area contributed by atoms with Crippen LogP contribution >= 0.6 is 0 Å². The molecule has 3 N–H and O–H groups in total. The van der Waals surface area contributed by atoms with E-state index in [1.807, 2.05) is 13.8 Å². The maximum atomic E-state index is 11.9. The first-order chi connectivity index (χ1) is 9.58. The SMILES string of the molecule is Cc1nn(CC(=O)NCCN2CCOCC2)c(C)c1N. The Labute approximate surface area is 119 Å². The van der Waals surface area contributed by atoms with Crippen molar-refractivity contribution in [3.05, 3.63) is 11.4 Å². The minimum absolute atomic E-state index is 0.0381. The standard InChI is InChI=1S/C13H23N5O2/c1-10-13(14)11(2)18(16-10)9-12(19)15-3-4-17-5-7-20-8-6-17/h3-9,14H2,1-2H3,(H,15,19). The molecule has 0 atom stereocenters. The molecular weight excluding hydrogens is 258 g/mol. The Morgan fingerprint density at radius 2 is 2.10 bits per heavy atom. The highest BCUT2D eigenvalue weighted by atomic mass is 16.5. The molecule has 1 aromatic heterocycles. The summed E-state index contributed by atoms with van der Waals surface area (Å²) >= 11 is 0. The zero-order chi connectivity index (χ0) is 14.5. The van der Waals surface area contributed by atoms with E-state index in [2.05, 4.69) is 15.3 Å². The van der Waals surface area contributed by atoms with Gasteiger partial charge < -0.3 is 15.8 Å². The van der Waals surface area contributed by atoms with Gasteiger partial charge in [-0.15, -0.1) is 0 Å². The number of ether oxygens (including phenoxy) is 1. The van der Waals surface area contributed by atoms with E-state index < -0.39 is 0 Å². The van der Waals surface area contributed by atoms with E-state index in [-0.39, 0.29) is 12.5 Å². The number of aromatic nitrogens is 2. The number of hydrogen-bond acceptors (Lipinski definition) is 5. The quantitative estimate of drug-likeness (QED) is 0.762. The van der Waals surface area contributed by atoms with Gasteiger partial charge >= 0.3 is 0 Å². The molecule has 1 saturated heterocycles. The lowest BCUT2D eigenvalue weighted by Gasteiger charge is -2.26. The monoisotopic (exact) mass is 281 g/mol. The molecule has 0 aliphatic carbocycles. The van der Waals surface area contributed by atoms with E-state index in [4.69, 9.17) is 10.5 Å². The molecule has 1 fully saturated rings. The number of carbonyl (C=O) groups excluding carboxylic acids is 1. The van der Waals surface area contributed by atoms with E-state index >= 15 is 0 Å². The van der Waals surface area contributed by atoms with E-state index in [1.165, 1.54) is 0 Å². The van der Waals surface area contributed by atoms with Crippen molar-refractivity contribution in [2.75, 3.05) is 45.1 Å². The highest BCUT2D eigenvalue weighted by Crippen LogP contribution is 2.14. The number of anilines is 1. The fourth-order valence-corrected chi connectivity index (χ4v) is 2.23. The minimum atomic E-state index is -0.0381. The molecule has 0 saturated carbocycles. The van der Waals surface area contributed by atoms with Crippen LogP contribution < -0.4 is 11.1 Å². The lowest BCUT2D eigenvalue weighted by molar-refractivity contribution is -0.121. The average molecular weight is 281 g/mol. The number of nitrogens with two attached hydrogens (primary N) is 1. The summed E-state index contributed by atoms with van der Waals surface area (Å²) in [4.78, 5) is 14.2. The molecule has 7 nitrogen and oxygen atoms in total. The fourth-order valence-electron chi connectivity index (χ4n) is 2.23. The van der Waals surface area contributed by atoms with Gasteiger partial charge in [-0.25, -0.2) is 0 Å². The second-order valence-electron chi connectivity index (χ2n) is 5.05. The Balaban J connectivity index is 1.73. The van der Waals surface area contributed by atoms with Crippen LogP contribution in [0, 0.1) is 13.8 Å². The lowest BCUT2D eigenvalue weighted by Crippen LogP contribution is -2.41. The van der Waals surface area contributed by atoms with Gasteiger partial charge in [0.25, 0.3) is 0 Å². The van der Waals surface area contributed by atoms with Crippen molar-refractivity contribution in [3.8, 4) is 0 Å². The largest absolute Gasteiger partial charge is 0.396 e. The van der Waals surface area contributed by atoms with Crippen molar-refractivity contribution in [2.24, 2.45) is 0 Å². The lowest BCUT2D eigenvalue weighted by atomic mass is 10.3. The van der Waals surface area contributed by atoms with Gasteiger partial charge in [0, 0.05) is 26.2 Å². The zero-order valence-electron chi connectivity index (χ0n) is 12.2. The second kappa shape index (κ2) is 6.71.